The van der Waals surface area contributed by atoms with E-state index in [-0.39, 0.29) is 6.04 Å². The predicted molar refractivity (Wildman–Crippen MR) is 60.2 cm³/mol. The highest BCUT2D eigenvalue weighted by atomic mass is 14.7. The third-order valence-corrected chi connectivity index (χ3v) is 3.53. The zero-order chi connectivity index (χ0) is 10.1. The van der Waals surface area contributed by atoms with E-state index in [1.54, 1.807) is 0 Å². The molecule has 1 atom stereocenters. The highest BCUT2D eigenvalue weighted by Crippen LogP contribution is 2.38. The van der Waals surface area contributed by atoms with E-state index >= 15 is 0 Å². The van der Waals surface area contributed by atoms with Crippen molar-refractivity contribution in [1.82, 2.24) is 0 Å². The Hall–Kier alpha value is -0.820. The molecular formula is C13H19N. The van der Waals surface area contributed by atoms with Gasteiger partial charge in [0.05, 0.1) is 0 Å². The van der Waals surface area contributed by atoms with Crippen molar-refractivity contribution in [3.63, 3.8) is 0 Å². The summed E-state index contributed by atoms with van der Waals surface area (Å²) < 4.78 is 0. The maximum Gasteiger partial charge on any atom is 0.0328 e. The lowest BCUT2D eigenvalue weighted by Gasteiger charge is -2.33. The molecule has 0 saturated heterocycles. The molecule has 2 N–H and O–H groups in total. The molecule has 1 saturated carbocycles. The van der Waals surface area contributed by atoms with E-state index in [0.29, 0.717) is 0 Å². The average molecular weight is 189 g/mol. The van der Waals surface area contributed by atoms with Crippen LogP contribution in [0.4, 0.5) is 0 Å². The van der Waals surface area contributed by atoms with Crippen molar-refractivity contribution in [2.75, 3.05) is 0 Å². The van der Waals surface area contributed by atoms with Crippen molar-refractivity contribution < 1.29 is 0 Å². The molecule has 0 aliphatic heterocycles. The van der Waals surface area contributed by atoms with E-state index in [0.717, 1.165) is 5.92 Å². The molecule has 1 aliphatic rings. The highest BCUT2D eigenvalue weighted by molar-refractivity contribution is 5.36. The molecule has 1 nitrogen and oxygen atoms in total. The topological polar surface area (TPSA) is 26.0 Å². The first-order chi connectivity index (χ1) is 6.70. The number of hydrogen-bond donors (Lipinski definition) is 1. The lowest BCUT2D eigenvalue weighted by molar-refractivity contribution is 0.263. The van der Waals surface area contributed by atoms with Crippen LogP contribution in [0, 0.1) is 19.8 Å². The van der Waals surface area contributed by atoms with Crippen molar-refractivity contribution >= 4 is 0 Å². The minimum Gasteiger partial charge on any atom is -0.324 e. The van der Waals surface area contributed by atoms with Crippen molar-refractivity contribution in [2.24, 2.45) is 11.7 Å². The van der Waals surface area contributed by atoms with Crippen LogP contribution in [-0.4, -0.2) is 0 Å². The molecule has 0 spiro atoms. The van der Waals surface area contributed by atoms with Crippen molar-refractivity contribution in [3.05, 3.63) is 34.9 Å². The van der Waals surface area contributed by atoms with Gasteiger partial charge in [-0.25, -0.2) is 0 Å². The van der Waals surface area contributed by atoms with Crippen LogP contribution in [0.3, 0.4) is 0 Å². The second-order valence-corrected chi connectivity index (χ2v) is 4.52. The van der Waals surface area contributed by atoms with Gasteiger partial charge in [-0.3, -0.25) is 0 Å². The molecule has 0 bridgehead atoms. The Balaban J connectivity index is 2.29. The summed E-state index contributed by atoms with van der Waals surface area (Å²) in [5.74, 6) is 0.731. The van der Waals surface area contributed by atoms with Gasteiger partial charge in [-0.2, -0.15) is 0 Å². The molecule has 2 rings (SSSR count). The fourth-order valence-corrected chi connectivity index (χ4v) is 2.39. The lowest BCUT2D eigenvalue weighted by Crippen LogP contribution is -2.28. The first kappa shape index (κ1) is 9.72. The molecule has 1 heteroatoms. The fraction of sp³-hybridized carbons (Fsp3) is 0.538. The van der Waals surface area contributed by atoms with Gasteiger partial charge < -0.3 is 5.73 Å². The molecule has 0 aromatic heterocycles. The lowest BCUT2D eigenvalue weighted by atomic mass is 9.76. The van der Waals surface area contributed by atoms with E-state index in [2.05, 4.69) is 32.0 Å². The summed E-state index contributed by atoms with van der Waals surface area (Å²) in [4.78, 5) is 0. The number of benzene rings is 1. The van der Waals surface area contributed by atoms with Gasteiger partial charge in [-0.05, 0) is 49.3 Å². The van der Waals surface area contributed by atoms with Crippen LogP contribution < -0.4 is 5.73 Å². The van der Waals surface area contributed by atoms with Crippen LogP contribution >= 0.6 is 0 Å². The summed E-state index contributed by atoms with van der Waals surface area (Å²) >= 11 is 0. The Morgan fingerprint density at radius 3 is 2.21 bits per heavy atom. The quantitative estimate of drug-likeness (QED) is 0.760. The Morgan fingerprint density at radius 2 is 1.79 bits per heavy atom. The first-order valence-corrected chi connectivity index (χ1v) is 5.52. The van der Waals surface area contributed by atoms with Crippen LogP contribution in [0.15, 0.2) is 18.2 Å². The molecule has 0 radical (unpaired) electrons. The van der Waals surface area contributed by atoms with Gasteiger partial charge >= 0.3 is 0 Å². The fourth-order valence-electron chi connectivity index (χ4n) is 2.39. The smallest absolute Gasteiger partial charge is 0.0328 e. The maximum atomic E-state index is 6.30. The van der Waals surface area contributed by atoms with E-state index in [9.17, 15) is 0 Å². The van der Waals surface area contributed by atoms with Gasteiger partial charge in [0, 0.05) is 6.04 Å². The molecule has 1 unspecified atom stereocenters. The van der Waals surface area contributed by atoms with Crippen molar-refractivity contribution in [2.45, 2.75) is 39.2 Å². The summed E-state index contributed by atoms with van der Waals surface area (Å²) in [5, 5.41) is 0. The Labute approximate surface area is 86.3 Å². The van der Waals surface area contributed by atoms with Gasteiger partial charge in [-0.1, -0.05) is 24.6 Å². The van der Waals surface area contributed by atoms with Crippen LogP contribution in [0.1, 0.15) is 42.0 Å². The number of rotatable bonds is 2. The summed E-state index contributed by atoms with van der Waals surface area (Å²) in [6.45, 7) is 4.34. The second-order valence-electron chi connectivity index (χ2n) is 4.52. The maximum absolute atomic E-state index is 6.30. The SMILES string of the molecule is Cc1cccc(C)c1C(N)C1CCC1. The zero-order valence-electron chi connectivity index (χ0n) is 9.09. The molecule has 1 aromatic carbocycles. The summed E-state index contributed by atoms with van der Waals surface area (Å²) in [5.41, 5.74) is 10.4. The largest absolute Gasteiger partial charge is 0.324 e. The summed E-state index contributed by atoms with van der Waals surface area (Å²) in [6, 6.07) is 6.72. The van der Waals surface area contributed by atoms with Crippen molar-refractivity contribution in [3.8, 4) is 0 Å². The summed E-state index contributed by atoms with van der Waals surface area (Å²) in [7, 11) is 0. The highest BCUT2D eigenvalue weighted by Gasteiger charge is 2.27. The van der Waals surface area contributed by atoms with Crippen molar-refractivity contribution in [1.29, 1.82) is 0 Å². The van der Waals surface area contributed by atoms with E-state index in [1.165, 1.54) is 36.0 Å². The van der Waals surface area contributed by atoms with E-state index < -0.39 is 0 Å². The Kier molecular flexibility index (Phi) is 2.60. The van der Waals surface area contributed by atoms with Crippen LogP contribution in [-0.2, 0) is 0 Å². The van der Waals surface area contributed by atoms with Crippen LogP contribution in [0.2, 0.25) is 0 Å². The first-order valence-electron chi connectivity index (χ1n) is 5.52. The monoisotopic (exact) mass is 189 g/mol. The minimum absolute atomic E-state index is 0.268. The van der Waals surface area contributed by atoms with Crippen LogP contribution in [0.5, 0.6) is 0 Å². The standard InChI is InChI=1S/C13H19N/c1-9-5-3-6-10(2)12(9)13(14)11-7-4-8-11/h3,5-6,11,13H,4,7-8,14H2,1-2H3. The van der Waals surface area contributed by atoms with Crippen LogP contribution in [0.25, 0.3) is 0 Å². The van der Waals surface area contributed by atoms with Gasteiger partial charge in [0.1, 0.15) is 0 Å². The average Bonchev–Trinajstić information content (AvgIpc) is 2.00. The Morgan fingerprint density at radius 1 is 1.21 bits per heavy atom. The molecule has 0 amide bonds. The number of aryl methyl sites for hydroxylation is 2. The molecule has 1 aromatic rings. The van der Waals surface area contributed by atoms with Gasteiger partial charge in [-0.15, -0.1) is 0 Å². The zero-order valence-corrected chi connectivity index (χ0v) is 9.09. The molecule has 1 aliphatic carbocycles. The Bertz CT molecular complexity index is 306. The van der Waals surface area contributed by atoms with E-state index in [4.69, 9.17) is 5.73 Å². The van der Waals surface area contributed by atoms with E-state index in [1.807, 2.05) is 0 Å². The molecule has 1 fully saturated rings. The third-order valence-electron chi connectivity index (χ3n) is 3.53. The molecule has 76 valence electrons. The minimum atomic E-state index is 0.268. The van der Waals surface area contributed by atoms with Gasteiger partial charge in [0.15, 0.2) is 0 Å². The molecule has 14 heavy (non-hydrogen) atoms. The normalized spacial score (nSPS) is 19.1. The number of nitrogens with two attached hydrogens (primary N) is 1. The van der Waals surface area contributed by atoms with Gasteiger partial charge in [0.2, 0.25) is 0 Å². The second kappa shape index (κ2) is 3.74. The van der Waals surface area contributed by atoms with Gasteiger partial charge in [0.25, 0.3) is 0 Å². The molecular weight excluding hydrogens is 170 g/mol. The third kappa shape index (κ3) is 1.57. The summed E-state index contributed by atoms with van der Waals surface area (Å²) in [6.07, 6.45) is 3.99. The number of hydrogen-bond acceptors (Lipinski definition) is 1. The predicted octanol–water partition coefficient (Wildman–Crippen LogP) is 3.10. The molecule has 0 heterocycles.